The minimum Gasteiger partial charge on any atom is -0.478 e. The van der Waals surface area contributed by atoms with Crippen molar-refractivity contribution < 1.29 is 27.8 Å². The van der Waals surface area contributed by atoms with E-state index in [0.717, 1.165) is 5.56 Å². The van der Waals surface area contributed by atoms with Crippen molar-refractivity contribution >= 4 is 5.97 Å². The van der Waals surface area contributed by atoms with E-state index in [1.54, 1.807) is 24.3 Å². The number of hydrogen-bond donors (Lipinski definition) is 1. The molecule has 1 aromatic heterocycles. The zero-order chi connectivity index (χ0) is 16.2. The number of ether oxygens (including phenoxy) is 1. The predicted octanol–water partition coefficient (Wildman–Crippen LogP) is 2.91. The summed E-state index contributed by atoms with van der Waals surface area (Å²) in [4.78, 5) is 17.6. The average molecular weight is 312 g/mol. The molecule has 22 heavy (non-hydrogen) atoms. The molecule has 0 saturated heterocycles. The van der Waals surface area contributed by atoms with E-state index >= 15 is 0 Å². The highest BCUT2D eigenvalue weighted by Crippen LogP contribution is 2.30. The van der Waals surface area contributed by atoms with E-state index in [-0.39, 0.29) is 19.0 Å². The summed E-state index contributed by atoms with van der Waals surface area (Å²) in [6, 6.07) is 9.04. The third-order valence-electron chi connectivity index (χ3n) is 2.68. The Morgan fingerprint density at radius 2 is 1.86 bits per heavy atom. The van der Waals surface area contributed by atoms with Gasteiger partial charge in [-0.2, -0.15) is 13.2 Å². The normalized spacial score (nSPS) is 11.4. The molecule has 8 heteroatoms. The van der Waals surface area contributed by atoms with E-state index < -0.39 is 23.4 Å². The predicted molar refractivity (Wildman–Crippen MR) is 68.9 cm³/mol. The molecule has 2 rings (SSSR count). The first-order valence-electron chi connectivity index (χ1n) is 6.16. The molecule has 0 atom stereocenters. The van der Waals surface area contributed by atoms with Crippen LogP contribution in [0.2, 0.25) is 0 Å². The largest absolute Gasteiger partial charge is 0.478 e. The van der Waals surface area contributed by atoms with E-state index in [0.29, 0.717) is 6.20 Å². The Kier molecular flexibility index (Phi) is 4.71. The fourth-order valence-corrected chi connectivity index (χ4v) is 1.69. The standard InChI is InChI=1S/C14H11F3N2O3/c15-14(16,17)12-10(13(20)21)6-18-11(19-12)8-22-7-9-4-2-1-3-5-9/h1-6H,7-8H2,(H,20,21). The maximum Gasteiger partial charge on any atom is 0.434 e. The van der Waals surface area contributed by atoms with E-state index in [2.05, 4.69) is 9.97 Å². The molecule has 1 aromatic carbocycles. The van der Waals surface area contributed by atoms with Crippen molar-refractivity contribution in [2.45, 2.75) is 19.4 Å². The number of benzene rings is 1. The minimum absolute atomic E-state index is 0.187. The lowest BCUT2D eigenvalue weighted by molar-refractivity contribution is -0.142. The van der Waals surface area contributed by atoms with Crippen LogP contribution in [0.3, 0.4) is 0 Å². The highest BCUT2D eigenvalue weighted by atomic mass is 19.4. The van der Waals surface area contributed by atoms with Gasteiger partial charge in [0.1, 0.15) is 12.2 Å². The van der Waals surface area contributed by atoms with Gasteiger partial charge in [0, 0.05) is 6.20 Å². The molecule has 0 aliphatic rings. The summed E-state index contributed by atoms with van der Waals surface area (Å²) in [5.74, 6) is -1.96. The second kappa shape index (κ2) is 6.52. The van der Waals surface area contributed by atoms with Crippen molar-refractivity contribution in [1.82, 2.24) is 9.97 Å². The number of alkyl halides is 3. The molecule has 0 aliphatic heterocycles. The van der Waals surface area contributed by atoms with Gasteiger partial charge in [0.2, 0.25) is 0 Å². The second-order valence-electron chi connectivity index (χ2n) is 4.33. The van der Waals surface area contributed by atoms with Crippen LogP contribution in [0.25, 0.3) is 0 Å². The lowest BCUT2D eigenvalue weighted by Gasteiger charge is -2.10. The highest BCUT2D eigenvalue weighted by Gasteiger charge is 2.38. The van der Waals surface area contributed by atoms with Crippen LogP contribution in [0.1, 0.15) is 27.4 Å². The fourth-order valence-electron chi connectivity index (χ4n) is 1.69. The third-order valence-corrected chi connectivity index (χ3v) is 2.68. The SMILES string of the molecule is O=C(O)c1cnc(COCc2ccccc2)nc1C(F)(F)F. The number of aromatic nitrogens is 2. The highest BCUT2D eigenvalue weighted by molar-refractivity contribution is 5.88. The zero-order valence-electron chi connectivity index (χ0n) is 11.2. The molecule has 0 unspecified atom stereocenters. The van der Waals surface area contributed by atoms with E-state index in [4.69, 9.17) is 9.84 Å². The number of carbonyl (C=O) groups is 1. The number of hydrogen-bond acceptors (Lipinski definition) is 4. The molecule has 0 amide bonds. The lowest BCUT2D eigenvalue weighted by Crippen LogP contribution is -2.18. The first-order chi connectivity index (χ1) is 10.4. The van der Waals surface area contributed by atoms with Gasteiger partial charge in [-0.05, 0) is 5.56 Å². The molecule has 0 saturated carbocycles. The lowest BCUT2D eigenvalue weighted by atomic mass is 10.2. The monoisotopic (exact) mass is 312 g/mol. The Balaban J connectivity index is 2.10. The smallest absolute Gasteiger partial charge is 0.434 e. The molecule has 1 N–H and O–H groups in total. The number of carboxylic acids is 1. The van der Waals surface area contributed by atoms with Crippen LogP contribution in [-0.4, -0.2) is 21.0 Å². The summed E-state index contributed by atoms with van der Waals surface area (Å²) in [5.41, 5.74) is -1.62. The molecular weight excluding hydrogens is 301 g/mol. The zero-order valence-corrected chi connectivity index (χ0v) is 11.2. The van der Waals surface area contributed by atoms with Crippen LogP contribution in [0.15, 0.2) is 36.5 Å². The maximum atomic E-state index is 12.8. The van der Waals surface area contributed by atoms with Crippen molar-refractivity contribution in [3.8, 4) is 0 Å². The van der Waals surface area contributed by atoms with Crippen LogP contribution in [0.4, 0.5) is 13.2 Å². The molecule has 5 nitrogen and oxygen atoms in total. The van der Waals surface area contributed by atoms with Crippen molar-refractivity contribution in [3.05, 3.63) is 59.2 Å². The van der Waals surface area contributed by atoms with Gasteiger partial charge >= 0.3 is 12.1 Å². The van der Waals surface area contributed by atoms with E-state index in [1.807, 2.05) is 6.07 Å². The Hall–Kier alpha value is -2.48. The maximum absolute atomic E-state index is 12.8. The van der Waals surface area contributed by atoms with Crippen molar-refractivity contribution in [2.75, 3.05) is 0 Å². The number of aromatic carboxylic acids is 1. The van der Waals surface area contributed by atoms with Crippen molar-refractivity contribution in [1.29, 1.82) is 0 Å². The van der Waals surface area contributed by atoms with Gasteiger partial charge in [0.05, 0.1) is 6.61 Å². The van der Waals surface area contributed by atoms with Gasteiger partial charge in [0.15, 0.2) is 11.5 Å². The minimum atomic E-state index is -4.87. The van der Waals surface area contributed by atoms with E-state index in [9.17, 15) is 18.0 Å². The molecule has 116 valence electrons. The summed E-state index contributed by atoms with van der Waals surface area (Å²) in [6.45, 7) is -0.0654. The molecule has 0 bridgehead atoms. The molecule has 0 radical (unpaired) electrons. The number of rotatable bonds is 5. The second-order valence-corrected chi connectivity index (χ2v) is 4.33. The molecular formula is C14H11F3N2O3. The number of nitrogens with zero attached hydrogens (tertiary/aromatic N) is 2. The first-order valence-corrected chi connectivity index (χ1v) is 6.16. The van der Waals surface area contributed by atoms with Gasteiger partial charge in [-0.25, -0.2) is 14.8 Å². The molecule has 0 spiro atoms. The Bertz CT molecular complexity index is 660. The molecule has 1 heterocycles. The summed E-state index contributed by atoms with van der Waals surface area (Å²) in [5, 5.41) is 8.73. The van der Waals surface area contributed by atoms with Crippen LogP contribution in [0.5, 0.6) is 0 Å². The van der Waals surface area contributed by atoms with Crippen LogP contribution in [0, 0.1) is 0 Å². The molecule has 0 fully saturated rings. The van der Waals surface area contributed by atoms with Gasteiger partial charge < -0.3 is 9.84 Å². The summed E-state index contributed by atoms with van der Waals surface area (Å²) in [6.07, 6.45) is -4.23. The summed E-state index contributed by atoms with van der Waals surface area (Å²) in [7, 11) is 0. The summed E-state index contributed by atoms with van der Waals surface area (Å²) >= 11 is 0. The topological polar surface area (TPSA) is 72.3 Å². The quantitative estimate of drug-likeness (QED) is 0.919. The molecule has 0 aliphatic carbocycles. The summed E-state index contributed by atoms with van der Waals surface area (Å²) < 4.78 is 43.6. The van der Waals surface area contributed by atoms with Crippen LogP contribution in [-0.2, 0) is 24.1 Å². The van der Waals surface area contributed by atoms with Gasteiger partial charge in [0.25, 0.3) is 0 Å². The van der Waals surface area contributed by atoms with Gasteiger partial charge in [-0.1, -0.05) is 30.3 Å². The van der Waals surface area contributed by atoms with Crippen LogP contribution < -0.4 is 0 Å². The van der Waals surface area contributed by atoms with Crippen LogP contribution >= 0.6 is 0 Å². The van der Waals surface area contributed by atoms with Crippen molar-refractivity contribution in [3.63, 3.8) is 0 Å². The third kappa shape index (κ3) is 4.01. The van der Waals surface area contributed by atoms with E-state index in [1.165, 1.54) is 0 Å². The Labute approximate surface area is 123 Å². The fraction of sp³-hybridized carbons (Fsp3) is 0.214. The Morgan fingerprint density at radius 1 is 1.18 bits per heavy atom. The molecule has 2 aromatic rings. The Morgan fingerprint density at radius 3 is 2.45 bits per heavy atom. The van der Waals surface area contributed by atoms with Crippen molar-refractivity contribution in [2.24, 2.45) is 0 Å². The average Bonchev–Trinajstić information content (AvgIpc) is 2.47. The first kappa shape index (κ1) is 15.9. The number of carboxylic acid groups (broad SMARTS) is 1. The van der Waals surface area contributed by atoms with Gasteiger partial charge in [-0.3, -0.25) is 0 Å². The van der Waals surface area contributed by atoms with Gasteiger partial charge in [-0.15, -0.1) is 0 Å². The number of halogens is 3.